The summed E-state index contributed by atoms with van der Waals surface area (Å²) in [5, 5.41) is 12.3. The smallest absolute Gasteiger partial charge is 0.341 e. The third kappa shape index (κ3) is 4.83. The van der Waals surface area contributed by atoms with Crippen LogP contribution in [-0.2, 0) is 17.8 Å². The van der Waals surface area contributed by atoms with E-state index in [1.165, 1.54) is 14.2 Å². The van der Waals surface area contributed by atoms with E-state index < -0.39 is 12.1 Å². The van der Waals surface area contributed by atoms with Crippen LogP contribution in [0.2, 0.25) is 0 Å². The van der Waals surface area contributed by atoms with Crippen LogP contribution < -0.4 is 14.2 Å². The van der Waals surface area contributed by atoms with Crippen LogP contribution >= 0.6 is 0 Å². The van der Waals surface area contributed by atoms with Crippen molar-refractivity contribution in [3.63, 3.8) is 0 Å². The summed E-state index contributed by atoms with van der Waals surface area (Å²) >= 11 is 0. The van der Waals surface area contributed by atoms with Crippen LogP contribution in [0, 0.1) is 5.92 Å². The first-order valence-electron chi connectivity index (χ1n) is 11.7. The lowest BCUT2D eigenvalue weighted by molar-refractivity contribution is 0.0504. The topological polar surface area (TPSA) is 87.1 Å². The van der Waals surface area contributed by atoms with Crippen molar-refractivity contribution in [2.45, 2.75) is 19.1 Å². The molecule has 2 atom stereocenters. The number of carbonyl (C=O) groups is 1. The first-order valence-corrected chi connectivity index (χ1v) is 11.7. The van der Waals surface area contributed by atoms with Crippen LogP contribution in [-0.4, -0.2) is 36.9 Å². The molecule has 0 saturated heterocycles. The molecular weight excluding hydrogens is 458 g/mol. The summed E-state index contributed by atoms with van der Waals surface area (Å²) in [7, 11) is 2.84. The van der Waals surface area contributed by atoms with E-state index in [1.54, 1.807) is 12.1 Å². The maximum absolute atomic E-state index is 12.1. The van der Waals surface area contributed by atoms with E-state index in [0.717, 1.165) is 22.2 Å². The minimum absolute atomic E-state index is 0.200. The second-order valence-corrected chi connectivity index (χ2v) is 8.73. The average molecular weight is 486 g/mol. The van der Waals surface area contributed by atoms with Gasteiger partial charge >= 0.3 is 5.97 Å². The normalized spacial score (nSPS) is 16.6. The van der Waals surface area contributed by atoms with Crippen LogP contribution in [0.15, 0.2) is 72.8 Å². The van der Waals surface area contributed by atoms with Crippen LogP contribution in [0.4, 0.5) is 0 Å². The van der Waals surface area contributed by atoms with Gasteiger partial charge in [-0.05, 0) is 54.4 Å². The van der Waals surface area contributed by atoms with Crippen molar-refractivity contribution in [1.82, 2.24) is 4.98 Å². The Morgan fingerprint density at radius 3 is 2.75 bits per heavy atom. The molecule has 0 spiro atoms. The number of para-hydroxylation sites is 1. The summed E-state index contributed by atoms with van der Waals surface area (Å²) in [6.07, 6.45) is -0.236. The average Bonchev–Trinajstić information content (AvgIpc) is 2.93. The molecule has 0 bridgehead atoms. The number of ether oxygens (including phenoxy) is 4. The van der Waals surface area contributed by atoms with Crippen LogP contribution in [0.1, 0.15) is 33.3 Å². The largest absolute Gasteiger partial charge is 0.496 e. The molecule has 0 saturated carbocycles. The fraction of sp³-hybridized carbons (Fsp3) is 0.241. The van der Waals surface area contributed by atoms with E-state index in [0.29, 0.717) is 48.0 Å². The molecular formula is C29H27NO6. The maximum Gasteiger partial charge on any atom is 0.341 e. The Kier molecular flexibility index (Phi) is 6.73. The van der Waals surface area contributed by atoms with Gasteiger partial charge in [-0.1, -0.05) is 30.3 Å². The number of pyridine rings is 1. The molecule has 1 N–H and O–H groups in total. The molecule has 4 aromatic rings. The van der Waals surface area contributed by atoms with Crippen molar-refractivity contribution in [1.29, 1.82) is 0 Å². The molecule has 0 fully saturated rings. The Hall–Kier alpha value is -4.10. The molecule has 7 heteroatoms. The highest BCUT2D eigenvalue weighted by Gasteiger charge is 2.30. The number of esters is 1. The third-order valence-corrected chi connectivity index (χ3v) is 6.41. The van der Waals surface area contributed by atoms with Crippen molar-refractivity contribution in [3.05, 3.63) is 95.2 Å². The van der Waals surface area contributed by atoms with Gasteiger partial charge in [-0.25, -0.2) is 9.78 Å². The highest BCUT2D eigenvalue weighted by Crippen LogP contribution is 2.39. The molecule has 36 heavy (non-hydrogen) atoms. The quantitative estimate of drug-likeness (QED) is 0.373. The zero-order chi connectivity index (χ0) is 25.1. The Labute approximate surface area is 209 Å². The molecule has 0 unspecified atom stereocenters. The van der Waals surface area contributed by atoms with Crippen molar-refractivity contribution in [3.8, 4) is 17.2 Å². The number of carbonyl (C=O) groups excluding carboxylic acids is 1. The van der Waals surface area contributed by atoms with E-state index in [4.69, 9.17) is 18.9 Å². The SMILES string of the molecule is COC(=O)c1cc(C[C@@H]2COc3ccc(OCc4ccc5ccccc5n4)cc3[C@H]2O)ccc1OC. The predicted molar refractivity (Wildman–Crippen MR) is 134 cm³/mol. The summed E-state index contributed by atoms with van der Waals surface area (Å²) in [4.78, 5) is 16.8. The lowest BCUT2D eigenvalue weighted by Crippen LogP contribution is -2.27. The number of benzene rings is 3. The van der Waals surface area contributed by atoms with Crippen LogP contribution in [0.3, 0.4) is 0 Å². The van der Waals surface area contributed by atoms with E-state index in [-0.39, 0.29) is 5.92 Å². The molecule has 5 rings (SSSR count). The van der Waals surface area contributed by atoms with Gasteiger partial charge in [0.15, 0.2) is 0 Å². The molecule has 3 aromatic carbocycles. The Morgan fingerprint density at radius 2 is 1.92 bits per heavy atom. The molecule has 1 aromatic heterocycles. The van der Waals surface area contributed by atoms with Crippen molar-refractivity contribution < 1.29 is 28.8 Å². The summed E-state index contributed by atoms with van der Waals surface area (Å²) in [5.41, 5.74) is 3.65. The second kappa shape index (κ2) is 10.3. The van der Waals surface area contributed by atoms with E-state index in [1.807, 2.05) is 60.7 Å². The summed E-state index contributed by atoms with van der Waals surface area (Å²) in [5.74, 6) is 1.04. The fourth-order valence-corrected chi connectivity index (χ4v) is 4.49. The number of aromatic nitrogens is 1. The van der Waals surface area contributed by atoms with E-state index >= 15 is 0 Å². The number of nitrogens with zero attached hydrogens (tertiary/aromatic N) is 1. The minimum Gasteiger partial charge on any atom is -0.496 e. The highest BCUT2D eigenvalue weighted by atomic mass is 16.5. The zero-order valence-corrected chi connectivity index (χ0v) is 20.1. The number of rotatable bonds is 7. The van der Waals surface area contributed by atoms with Gasteiger partial charge in [-0.3, -0.25) is 0 Å². The van der Waals surface area contributed by atoms with Crippen LogP contribution in [0.25, 0.3) is 10.9 Å². The van der Waals surface area contributed by atoms with E-state index in [9.17, 15) is 9.90 Å². The summed E-state index contributed by atoms with van der Waals surface area (Å²) < 4.78 is 22.1. The number of fused-ring (bicyclic) bond motifs is 2. The molecule has 0 radical (unpaired) electrons. The van der Waals surface area contributed by atoms with Gasteiger partial charge in [-0.2, -0.15) is 0 Å². The van der Waals surface area contributed by atoms with Gasteiger partial charge in [0.1, 0.15) is 29.4 Å². The monoisotopic (exact) mass is 485 g/mol. The molecule has 0 amide bonds. The van der Waals surface area contributed by atoms with Crippen molar-refractivity contribution in [2.24, 2.45) is 5.92 Å². The van der Waals surface area contributed by atoms with Gasteiger partial charge in [0, 0.05) is 16.9 Å². The minimum atomic E-state index is -0.750. The highest BCUT2D eigenvalue weighted by molar-refractivity contribution is 5.92. The maximum atomic E-state index is 12.1. The predicted octanol–water partition coefficient (Wildman–Crippen LogP) is 4.89. The molecule has 1 aliphatic heterocycles. The number of aliphatic hydroxyl groups excluding tert-OH is 1. The zero-order valence-electron chi connectivity index (χ0n) is 20.1. The number of aliphatic hydroxyl groups is 1. The second-order valence-electron chi connectivity index (χ2n) is 8.73. The van der Waals surface area contributed by atoms with Gasteiger partial charge < -0.3 is 24.1 Å². The lowest BCUT2D eigenvalue weighted by atomic mass is 9.87. The third-order valence-electron chi connectivity index (χ3n) is 6.41. The molecule has 2 heterocycles. The Bertz CT molecular complexity index is 1400. The van der Waals surface area contributed by atoms with Gasteiger partial charge in [0.25, 0.3) is 0 Å². The molecule has 1 aliphatic rings. The number of hydrogen-bond donors (Lipinski definition) is 1. The van der Waals surface area contributed by atoms with Gasteiger partial charge in [0.05, 0.1) is 38.1 Å². The molecule has 0 aliphatic carbocycles. The number of hydrogen-bond acceptors (Lipinski definition) is 7. The van der Waals surface area contributed by atoms with Crippen molar-refractivity contribution in [2.75, 3.05) is 20.8 Å². The first-order chi connectivity index (χ1) is 17.6. The van der Waals surface area contributed by atoms with Crippen LogP contribution in [0.5, 0.6) is 17.2 Å². The Morgan fingerprint density at radius 1 is 1.06 bits per heavy atom. The summed E-state index contributed by atoms with van der Waals surface area (Å²) in [6, 6.07) is 22.8. The molecule has 184 valence electrons. The molecule has 7 nitrogen and oxygen atoms in total. The van der Waals surface area contributed by atoms with Gasteiger partial charge in [-0.15, -0.1) is 0 Å². The fourth-order valence-electron chi connectivity index (χ4n) is 4.49. The summed E-state index contributed by atoms with van der Waals surface area (Å²) in [6.45, 7) is 0.668. The van der Waals surface area contributed by atoms with Crippen molar-refractivity contribution >= 4 is 16.9 Å². The van der Waals surface area contributed by atoms with Gasteiger partial charge in [0.2, 0.25) is 0 Å². The first kappa shape index (κ1) is 23.6. The van der Waals surface area contributed by atoms with E-state index in [2.05, 4.69) is 4.98 Å². The standard InChI is InChI=1S/C29H27NO6/c1-33-26-11-7-18(14-24(26)29(32)34-2)13-20-16-36-27-12-10-22(15-23(27)28(20)31)35-17-21-9-8-19-5-3-4-6-25(19)30-21/h3-12,14-15,20,28,31H,13,16-17H2,1-2H3/t20-,28+/m1/s1. The number of methoxy groups -OCH3 is 2. The Balaban J connectivity index is 1.30. The lowest BCUT2D eigenvalue weighted by Gasteiger charge is -2.31.